The van der Waals surface area contributed by atoms with Gasteiger partial charge in [-0.2, -0.15) is 0 Å². The molecule has 0 saturated heterocycles. The van der Waals surface area contributed by atoms with Crippen molar-refractivity contribution in [1.29, 1.82) is 0 Å². The molecule has 19 heavy (non-hydrogen) atoms. The van der Waals surface area contributed by atoms with E-state index in [1.807, 2.05) is 11.3 Å². The lowest BCUT2D eigenvalue weighted by atomic mass is 10.0. The van der Waals surface area contributed by atoms with Crippen LogP contribution in [0.2, 0.25) is 0 Å². The fraction of sp³-hybridized carbons (Fsp3) is 0.125. The summed E-state index contributed by atoms with van der Waals surface area (Å²) in [6.45, 7) is 2.14. The van der Waals surface area contributed by atoms with Crippen LogP contribution in [-0.2, 0) is 0 Å². The highest BCUT2D eigenvalue weighted by Crippen LogP contribution is 2.41. The van der Waals surface area contributed by atoms with Gasteiger partial charge >= 0.3 is 0 Å². The topological polar surface area (TPSA) is 0 Å². The molecule has 1 heterocycles. The molecular weight excluding hydrogens is 384 g/mol. The molecule has 0 aliphatic carbocycles. The van der Waals surface area contributed by atoms with E-state index in [0.29, 0.717) is 0 Å². The Bertz CT molecular complexity index is 730. The number of aryl methyl sites for hydroxylation is 1. The number of halogens is 2. The third-order valence-corrected chi connectivity index (χ3v) is 6.46. The zero-order chi connectivity index (χ0) is 13.4. The Balaban J connectivity index is 2.06. The quantitative estimate of drug-likeness (QED) is 0.437. The first-order valence-corrected chi connectivity index (χ1v) is 8.56. The summed E-state index contributed by atoms with van der Waals surface area (Å²) >= 11 is 9.30. The average Bonchev–Trinajstić information content (AvgIpc) is 2.76. The molecule has 3 rings (SSSR count). The van der Waals surface area contributed by atoms with Crippen molar-refractivity contribution in [3.63, 3.8) is 0 Å². The van der Waals surface area contributed by atoms with Crippen LogP contribution >= 0.6 is 43.2 Å². The van der Waals surface area contributed by atoms with E-state index in [1.165, 1.54) is 30.6 Å². The van der Waals surface area contributed by atoms with Crippen molar-refractivity contribution in [2.75, 3.05) is 0 Å². The lowest BCUT2D eigenvalue weighted by Crippen LogP contribution is -1.90. The Morgan fingerprint density at radius 1 is 1.00 bits per heavy atom. The maximum absolute atomic E-state index is 3.82. The zero-order valence-corrected chi connectivity index (χ0v) is 14.3. The van der Waals surface area contributed by atoms with Crippen LogP contribution in [0.3, 0.4) is 0 Å². The van der Waals surface area contributed by atoms with Gasteiger partial charge < -0.3 is 0 Å². The Hall–Kier alpha value is -0.640. The molecule has 0 bridgehead atoms. The average molecular weight is 396 g/mol. The minimum atomic E-state index is 0.241. The number of hydrogen-bond acceptors (Lipinski definition) is 1. The standard InChI is InChI=1S/C16H12Br2S/c1-10-8-14(17)16(19-10)15(18)13-7-6-11-4-2-3-5-12(11)9-13/h2-9,15H,1H3. The summed E-state index contributed by atoms with van der Waals surface area (Å²) in [4.78, 5) is 2.89. The molecule has 0 nitrogen and oxygen atoms in total. The Kier molecular flexibility index (Phi) is 3.79. The van der Waals surface area contributed by atoms with Crippen LogP contribution in [0, 0.1) is 6.92 Å². The SMILES string of the molecule is Cc1cc(Br)c(C(Br)c2ccc3ccccc3c2)s1. The molecule has 1 aromatic heterocycles. The minimum Gasteiger partial charge on any atom is -0.143 e. The third kappa shape index (κ3) is 2.64. The second-order valence-corrected chi connectivity index (χ2v) is 7.60. The van der Waals surface area contributed by atoms with Gasteiger partial charge in [0.25, 0.3) is 0 Å². The van der Waals surface area contributed by atoms with Crippen LogP contribution in [0.5, 0.6) is 0 Å². The van der Waals surface area contributed by atoms with Crippen LogP contribution in [-0.4, -0.2) is 0 Å². The van der Waals surface area contributed by atoms with Gasteiger partial charge in [0.2, 0.25) is 0 Å². The van der Waals surface area contributed by atoms with Gasteiger partial charge in [-0.15, -0.1) is 11.3 Å². The molecule has 0 saturated carbocycles. The van der Waals surface area contributed by atoms with E-state index in [9.17, 15) is 0 Å². The first kappa shape index (κ1) is 13.3. The first-order valence-electron chi connectivity index (χ1n) is 6.04. The lowest BCUT2D eigenvalue weighted by Gasteiger charge is -2.10. The van der Waals surface area contributed by atoms with E-state index >= 15 is 0 Å². The molecule has 0 spiro atoms. The van der Waals surface area contributed by atoms with Gasteiger partial charge in [-0.1, -0.05) is 52.3 Å². The van der Waals surface area contributed by atoms with Gasteiger partial charge in [-0.3, -0.25) is 0 Å². The van der Waals surface area contributed by atoms with Crippen LogP contribution in [0.4, 0.5) is 0 Å². The third-order valence-electron chi connectivity index (χ3n) is 3.13. The van der Waals surface area contributed by atoms with Gasteiger partial charge in [0, 0.05) is 14.2 Å². The van der Waals surface area contributed by atoms with Crippen molar-refractivity contribution in [1.82, 2.24) is 0 Å². The van der Waals surface area contributed by atoms with Crippen LogP contribution in [0.25, 0.3) is 10.8 Å². The Morgan fingerprint density at radius 3 is 2.42 bits per heavy atom. The molecule has 0 N–H and O–H groups in total. The molecule has 0 radical (unpaired) electrons. The molecule has 96 valence electrons. The summed E-state index contributed by atoms with van der Waals surface area (Å²) in [6.07, 6.45) is 0. The van der Waals surface area contributed by atoms with Gasteiger partial charge in [-0.05, 0) is 51.3 Å². The second-order valence-electron chi connectivity index (χ2n) is 4.54. The molecule has 0 aliphatic heterocycles. The maximum atomic E-state index is 3.82. The molecule has 3 heteroatoms. The first-order chi connectivity index (χ1) is 9.15. The number of fused-ring (bicyclic) bond motifs is 1. The van der Waals surface area contributed by atoms with E-state index in [0.717, 1.165) is 0 Å². The molecule has 0 amide bonds. The van der Waals surface area contributed by atoms with Crippen LogP contribution < -0.4 is 0 Å². The van der Waals surface area contributed by atoms with Gasteiger partial charge in [-0.25, -0.2) is 0 Å². The number of benzene rings is 2. The predicted octanol–water partition coefficient (Wildman–Crippen LogP) is 6.46. The maximum Gasteiger partial charge on any atom is 0.0749 e. The summed E-state index contributed by atoms with van der Waals surface area (Å²) < 4.78 is 1.19. The van der Waals surface area contributed by atoms with Crippen molar-refractivity contribution in [3.8, 4) is 0 Å². The van der Waals surface area contributed by atoms with E-state index in [-0.39, 0.29) is 4.83 Å². The zero-order valence-electron chi connectivity index (χ0n) is 10.4. The second kappa shape index (κ2) is 5.39. The molecule has 2 aromatic carbocycles. The van der Waals surface area contributed by atoms with Crippen LogP contribution in [0.1, 0.15) is 20.1 Å². The summed E-state index contributed by atoms with van der Waals surface area (Å²) in [6, 6.07) is 17.3. The van der Waals surface area contributed by atoms with Gasteiger partial charge in [0.1, 0.15) is 0 Å². The lowest BCUT2D eigenvalue weighted by molar-refractivity contribution is 1.22. The van der Waals surface area contributed by atoms with E-state index < -0.39 is 0 Å². The molecule has 1 unspecified atom stereocenters. The fourth-order valence-electron chi connectivity index (χ4n) is 2.19. The normalized spacial score (nSPS) is 12.8. The summed E-state index contributed by atoms with van der Waals surface area (Å²) in [5, 5.41) is 2.57. The Labute approximate surface area is 133 Å². The highest BCUT2D eigenvalue weighted by atomic mass is 79.9. The summed E-state index contributed by atoms with van der Waals surface area (Å²) in [5.41, 5.74) is 1.29. The van der Waals surface area contributed by atoms with E-state index in [4.69, 9.17) is 0 Å². The number of thiophene rings is 1. The Morgan fingerprint density at radius 2 is 1.74 bits per heavy atom. The van der Waals surface area contributed by atoms with Crippen molar-refractivity contribution in [2.45, 2.75) is 11.8 Å². The number of alkyl halides is 1. The smallest absolute Gasteiger partial charge is 0.0749 e. The molecule has 0 aliphatic rings. The van der Waals surface area contributed by atoms with Gasteiger partial charge in [0.05, 0.1) is 4.83 Å². The van der Waals surface area contributed by atoms with E-state index in [1.54, 1.807) is 0 Å². The highest BCUT2D eigenvalue weighted by molar-refractivity contribution is 9.11. The molecule has 3 aromatic rings. The molecular formula is C16H12Br2S. The fourth-order valence-corrected chi connectivity index (χ4v) is 5.20. The van der Waals surface area contributed by atoms with Crippen molar-refractivity contribution < 1.29 is 0 Å². The van der Waals surface area contributed by atoms with Crippen molar-refractivity contribution in [3.05, 3.63) is 68.3 Å². The largest absolute Gasteiger partial charge is 0.143 e. The summed E-state index contributed by atoms with van der Waals surface area (Å²) in [5.74, 6) is 0. The number of hydrogen-bond donors (Lipinski definition) is 0. The monoisotopic (exact) mass is 394 g/mol. The van der Waals surface area contributed by atoms with E-state index in [2.05, 4.69) is 87.3 Å². The minimum absolute atomic E-state index is 0.241. The molecule has 1 atom stereocenters. The van der Waals surface area contributed by atoms with Crippen molar-refractivity contribution >= 4 is 54.0 Å². The highest BCUT2D eigenvalue weighted by Gasteiger charge is 2.16. The van der Waals surface area contributed by atoms with Crippen molar-refractivity contribution in [2.24, 2.45) is 0 Å². The molecule has 0 fully saturated rings. The number of rotatable bonds is 2. The summed E-state index contributed by atoms with van der Waals surface area (Å²) in [7, 11) is 0. The predicted molar refractivity (Wildman–Crippen MR) is 91.5 cm³/mol. The van der Waals surface area contributed by atoms with Gasteiger partial charge in [0.15, 0.2) is 0 Å². The van der Waals surface area contributed by atoms with Crippen LogP contribution in [0.15, 0.2) is 53.0 Å².